The molecule has 1 aromatic heterocycles. The molecular weight excluding hydrogens is 375 g/mol. The van der Waals surface area contributed by atoms with E-state index in [1.165, 1.54) is 9.87 Å². The van der Waals surface area contributed by atoms with E-state index in [1.54, 1.807) is 11.3 Å². The summed E-state index contributed by atoms with van der Waals surface area (Å²) in [7, 11) is -3.72. The molecular formula is C16H16F3NO3S2. The lowest BCUT2D eigenvalue weighted by atomic mass is 9.92. The third-order valence-corrected chi connectivity index (χ3v) is 6.78. The Hall–Kier alpha value is -1.58. The molecule has 25 heavy (non-hydrogen) atoms. The second-order valence-corrected chi connectivity index (χ2v) is 8.47. The maximum Gasteiger partial charge on any atom is 0.573 e. The van der Waals surface area contributed by atoms with E-state index in [4.69, 9.17) is 0 Å². The molecule has 0 saturated carbocycles. The van der Waals surface area contributed by atoms with Gasteiger partial charge in [0.2, 0.25) is 10.0 Å². The quantitative estimate of drug-likeness (QED) is 0.784. The van der Waals surface area contributed by atoms with Gasteiger partial charge in [-0.2, -0.15) is 15.6 Å². The highest BCUT2D eigenvalue weighted by atomic mass is 32.2. The van der Waals surface area contributed by atoms with Gasteiger partial charge in [-0.15, -0.1) is 13.2 Å². The lowest BCUT2D eigenvalue weighted by Crippen LogP contribution is -2.37. The molecule has 9 heteroatoms. The number of alkyl halides is 3. The van der Waals surface area contributed by atoms with Crippen LogP contribution in [0.3, 0.4) is 0 Å². The zero-order valence-electron chi connectivity index (χ0n) is 13.1. The lowest BCUT2D eigenvalue weighted by Gasteiger charge is -2.31. The maximum absolute atomic E-state index is 12.6. The first-order valence-electron chi connectivity index (χ1n) is 7.64. The van der Waals surface area contributed by atoms with Gasteiger partial charge in [0.15, 0.2) is 0 Å². The van der Waals surface area contributed by atoms with Gasteiger partial charge in [0, 0.05) is 13.1 Å². The van der Waals surface area contributed by atoms with Crippen molar-refractivity contribution >= 4 is 21.4 Å². The number of sulfonamides is 1. The minimum absolute atomic E-state index is 0.0315. The maximum atomic E-state index is 12.6. The monoisotopic (exact) mass is 391 g/mol. The first kappa shape index (κ1) is 18.2. The third-order valence-electron chi connectivity index (χ3n) is 4.16. The molecule has 136 valence electrons. The molecule has 0 aliphatic carbocycles. The average molecular weight is 391 g/mol. The average Bonchev–Trinajstić information content (AvgIpc) is 3.08. The molecule has 4 nitrogen and oxygen atoms in total. The standard InChI is InChI=1S/C16H16F3NO3S2/c17-16(18,19)23-14-1-3-15(4-2-14)25(21,22)20-8-5-12(6-9-20)13-7-10-24-11-13/h1-4,7,10-12H,5-6,8-9H2. The van der Waals surface area contributed by atoms with E-state index in [1.807, 2.05) is 5.38 Å². The van der Waals surface area contributed by atoms with Crippen LogP contribution in [-0.4, -0.2) is 32.2 Å². The van der Waals surface area contributed by atoms with Gasteiger partial charge in [-0.1, -0.05) is 0 Å². The Labute approximate surface area is 147 Å². The summed E-state index contributed by atoms with van der Waals surface area (Å²) < 4.78 is 66.9. The molecule has 2 aromatic rings. The van der Waals surface area contributed by atoms with Gasteiger partial charge in [-0.05, 0) is 65.4 Å². The number of piperidine rings is 1. The van der Waals surface area contributed by atoms with E-state index >= 15 is 0 Å². The molecule has 0 atom stereocenters. The Morgan fingerprint density at radius 2 is 1.72 bits per heavy atom. The summed E-state index contributed by atoms with van der Waals surface area (Å²) in [5.74, 6) is -0.0946. The van der Waals surface area contributed by atoms with E-state index in [-0.39, 0.29) is 4.90 Å². The Balaban J connectivity index is 1.68. The fourth-order valence-electron chi connectivity index (χ4n) is 2.90. The van der Waals surface area contributed by atoms with Crippen molar-refractivity contribution in [2.45, 2.75) is 30.0 Å². The SMILES string of the molecule is O=S(=O)(c1ccc(OC(F)(F)F)cc1)N1CCC(c2ccsc2)CC1. The molecule has 1 fully saturated rings. The van der Waals surface area contributed by atoms with Crippen LogP contribution in [0.25, 0.3) is 0 Å². The number of halogens is 3. The Kier molecular flexibility index (Phi) is 5.08. The van der Waals surface area contributed by atoms with Crippen LogP contribution in [-0.2, 0) is 10.0 Å². The van der Waals surface area contributed by atoms with Crippen LogP contribution >= 0.6 is 11.3 Å². The molecule has 0 bridgehead atoms. The Bertz CT molecular complexity index is 794. The molecule has 3 rings (SSSR count). The summed E-state index contributed by atoms with van der Waals surface area (Å²) in [4.78, 5) is -0.0315. The highest BCUT2D eigenvalue weighted by molar-refractivity contribution is 7.89. The molecule has 0 N–H and O–H groups in total. The second kappa shape index (κ2) is 6.97. The van der Waals surface area contributed by atoms with Crippen LogP contribution in [0.4, 0.5) is 13.2 Å². The molecule has 1 saturated heterocycles. The van der Waals surface area contributed by atoms with Crippen molar-refractivity contribution in [2.24, 2.45) is 0 Å². The fraction of sp³-hybridized carbons (Fsp3) is 0.375. The summed E-state index contributed by atoms with van der Waals surface area (Å²) in [6.45, 7) is 0.785. The number of rotatable bonds is 4. The van der Waals surface area contributed by atoms with Gasteiger partial charge in [-0.3, -0.25) is 0 Å². The topological polar surface area (TPSA) is 46.6 Å². The van der Waals surface area contributed by atoms with E-state index in [0.717, 1.165) is 37.1 Å². The van der Waals surface area contributed by atoms with Crippen molar-refractivity contribution in [1.29, 1.82) is 0 Å². The summed E-state index contributed by atoms with van der Waals surface area (Å²) in [6.07, 6.45) is -3.35. The predicted molar refractivity (Wildman–Crippen MR) is 88.2 cm³/mol. The zero-order valence-corrected chi connectivity index (χ0v) is 14.7. The summed E-state index contributed by atoms with van der Waals surface area (Å²) >= 11 is 1.62. The van der Waals surface area contributed by atoms with Crippen LogP contribution in [0, 0.1) is 0 Å². The van der Waals surface area contributed by atoms with Crippen LogP contribution in [0.15, 0.2) is 46.0 Å². The molecule has 1 aliphatic heterocycles. The normalized spacial score (nSPS) is 17.6. The van der Waals surface area contributed by atoms with Gasteiger partial charge in [0.05, 0.1) is 4.90 Å². The fourth-order valence-corrected chi connectivity index (χ4v) is 5.11. The van der Waals surface area contributed by atoms with Gasteiger partial charge in [0.1, 0.15) is 5.75 Å². The first-order valence-corrected chi connectivity index (χ1v) is 10.0. The second-order valence-electron chi connectivity index (χ2n) is 5.75. The van der Waals surface area contributed by atoms with E-state index in [9.17, 15) is 21.6 Å². The Morgan fingerprint density at radius 1 is 1.08 bits per heavy atom. The highest BCUT2D eigenvalue weighted by Crippen LogP contribution is 2.32. The van der Waals surface area contributed by atoms with Crippen molar-refractivity contribution in [1.82, 2.24) is 4.31 Å². The van der Waals surface area contributed by atoms with Crippen molar-refractivity contribution < 1.29 is 26.3 Å². The molecule has 1 aromatic carbocycles. The highest BCUT2D eigenvalue weighted by Gasteiger charge is 2.32. The number of nitrogens with zero attached hydrogens (tertiary/aromatic N) is 1. The van der Waals surface area contributed by atoms with Crippen LogP contribution in [0.1, 0.15) is 24.3 Å². The van der Waals surface area contributed by atoms with Crippen LogP contribution in [0.2, 0.25) is 0 Å². The van der Waals surface area contributed by atoms with Gasteiger partial charge in [-0.25, -0.2) is 8.42 Å². The van der Waals surface area contributed by atoms with E-state index in [2.05, 4.69) is 16.2 Å². The molecule has 0 radical (unpaired) electrons. The number of ether oxygens (including phenoxy) is 1. The van der Waals surface area contributed by atoms with E-state index in [0.29, 0.717) is 19.0 Å². The lowest BCUT2D eigenvalue weighted by molar-refractivity contribution is -0.274. The largest absolute Gasteiger partial charge is 0.573 e. The predicted octanol–water partition coefficient (Wildman–Crippen LogP) is 4.22. The van der Waals surface area contributed by atoms with Crippen LogP contribution < -0.4 is 4.74 Å². The first-order chi connectivity index (χ1) is 11.8. The summed E-state index contributed by atoms with van der Waals surface area (Å²) in [5.41, 5.74) is 1.23. The van der Waals surface area contributed by atoms with Gasteiger partial charge in [0.25, 0.3) is 0 Å². The van der Waals surface area contributed by atoms with Crippen molar-refractivity contribution in [3.05, 3.63) is 46.7 Å². The molecule has 0 unspecified atom stereocenters. The van der Waals surface area contributed by atoms with Crippen molar-refractivity contribution in [3.8, 4) is 5.75 Å². The van der Waals surface area contributed by atoms with Crippen LogP contribution in [0.5, 0.6) is 5.75 Å². The van der Waals surface area contributed by atoms with Crippen molar-refractivity contribution in [2.75, 3.05) is 13.1 Å². The summed E-state index contributed by atoms with van der Waals surface area (Å²) in [5, 5.41) is 4.08. The molecule has 1 aliphatic rings. The number of benzene rings is 1. The smallest absolute Gasteiger partial charge is 0.406 e. The van der Waals surface area contributed by atoms with Gasteiger partial charge >= 0.3 is 6.36 Å². The van der Waals surface area contributed by atoms with E-state index < -0.39 is 22.1 Å². The van der Waals surface area contributed by atoms with Crippen molar-refractivity contribution in [3.63, 3.8) is 0 Å². The molecule has 0 spiro atoms. The number of thiophene rings is 1. The number of hydrogen-bond donors (Lipinski definition) is 0. The van der Waals surface area contributed by atoms with Gasteiger partial charge < -0.3 is 4.74 Å². The Morgan fingerprint density at radius 3 is 2.24 bits per heavy atom. The number of hydrogen-bond acceptors (Lipinski definition) is 4. The minimum Gasteiger partial charge on any atom is -0.406 e. The zero-order chi connectivity index (χ0) is 18.1. The summed E-state index contributed by atoms with van der Waals surface area (Å²) in [6, 6.07) is 6.36. The minimum atomic E-state index is -4.80. The molecule has 2 heterocycles. The third kappa shape index (κ3) is 4.34. The molecule has 0 amide bonds.